The van der Waals surface area contributed by atoms with Crippen LogP contribution in [0, 0.1) is 0 Å². The zero-order valence-corrected chi connectivity index (χ0v) is 17.5. The summed E-state index contributed by atoms with van der Waals surface area (Å²) in [6.07, 6.45) is 5.67. The van der Waals surface area contributed by atoms with Gasteiger partial charge in [0, 0.05) is 32.1 Å². The second kappa shape index (κ2) is 8.02. The van der Waals surface area contributed by atoms with Gasteiger partial charge in [-0.2, -0.15) is 0 Å². The fourth-order valence-electron chi connectivity index (χ4n) is 4.65. The van der Waals surface area contributed by atoms with Gasteiger partial charge in [0.1, 0.15) is 5.52 Å². The average Bonchev–Trinajstić information content (AvgIpc) is 3.23. The first-order valence-electron chi connectivity index (χ1n) is 10.8. The Morgan fingerprint density at radius 3 is 2.58 bits per heavy atom. The van der Waals surface area contributed by atoms with Gasteiger partial charge in [0.15, 0.2) is 11.5 Å². The second-order valence-corrected chi connectivity index (χ2v) is 8.27. The van der Waals surface area contributed by atoms with Gasteiger partial charge in [-0.3, -0.25) is 9.59 Å². The molecular formula is C25H25N3O3. The minimum Gasteiger partial charge on any atom is -0.440 e. The summed E-state index contributed by atoms with van der Waals surface area (Å²) in [6, 6.07) is 15.5. The maximum Gasteiger partial charge on any atom is 0.225 e. The molecule has 0 N–H and O–H groups in total. The van der Waals surface area contributed by atoms with Gasteiger partial charge in [0.2, 0.25) is 11.8 Å². The number of aromatic nitrogens is 1. The van der Waals surface area contributed by atoms with Gasteiger partial charge < -0.3 is 14.2 Å². The van der Waals surface area contributed by atoms with Crippen LogP contribution in [0.2, 0.25) is 0 Å². The Morgan fingerprint density at radius 1 is 1.06 bits per heavy atom. The summed E-state index contributed by atoms with van der Waals surface area (Å²) < 4.78 is 5.94. The first-order valence-corrected chi connectivity index (χ1v) is 10.8. The van der Waals surface area contributed by atoms with Crippen LogP contribution in [-0.4, -0.2) is 39.7 Å². The Kier molecular flexibility index (Phi) is 5.06. The molecule has 158 valence electrons. The highest BCUT2D eigenvalue weighted by Crippen LogP contribution is 2.35. The van der Waals surface area contributed by atoms with E-state index in [4.69, 9.17) is 4.42 Å². The molecule has 2 aliphatic heterocycles. The molecule has 2 amide bonds. The molecule has 31 heavy (non-hydrogen) atoms. The molecule has 1 fully saturated rings. The SMILES string of the molecule is CC(=O)N1C=Cc2ccccc2C1CC(=O)N1CCC(c2nc3ccccc3o2)CC1. The van der Waals surface area contributed by atoms with Crippen LogP contribution < -0.4 is 0 Å². The lowest BCUT2D eigenvalue weighted by atomic mass is 9.92. The van der Waals surface area contributed by atoms with E-state index in [1.807, 2.05) is 59.5 Å². The molecule has 1 atom stereocenters. The van der Waals surface area contributed by atoms with Crippen LogP contribution in [0.5, 0.6) is 0 Å². The summed E-state index contributed by atoms with van der Waals surface area (Å²) in [5, 5.41) is 0. The van der Waals surface area contributed by atoms with Crippen LogP contribution in [0.15, 0.2) is 59.1 Å². The van der Waals surface area contributed by atoms with E-state index in [0.29, 0.717) is 13.1 Å². The Morgan fingerprint density at radius 2 is 1.81 bits per heavy atom. The number of rotatable bonds is 3. The number of piperidine rings is 1. The van der Waals surface area contributed by atoms with Crippen molar-refractivity contribution in [1.82, 2.24) is 14.8 Å². The Labute approximate surface area is 181 Å². The summed E-state index contributed by atoms with van der Waals surface area (Å²) in [5.41, 5.74) is 3.77. The molecule has 2 aromatic carbocycles. The standard InChI is InChI=1S/C25H25N3O3/c1-17(29)28-15-12-18-6-2-3-7-20(18)22(28)16-24(30)27-13-10-19(11-14-27)25-26-21-8-4-5-9-23(21)31-25/h2-9,12,15,19,22H,10-11,13-14,16H2,1H3. The number of fused-ring (bicyclic) bond motifs is 2. The Hall–Kier alpha value is -3.41. The van der Waals surface area contributed by atoms with E-state index in [-0.39, 0.29) is 30.2 Å². The molecule has 6 heteroatoms. The van der Waals surface area contributed by atoms with E-state index in [1.54, 1.807) is 18.0 Å². The maximum absolute atomic E-state index is 13.2. The van der Waals surface area contributed by atoms with Crippen LogP contribution in [0.25, 0.3) is 17.2 Å². The molecule has 1 aromatic heterocycles. The van der Waals surface area contributed by atoms with Crippen molar-refractivity contribution in [1.29, 1.82) is 0 Å². The Balaban J connectivity index is 1.27. The van der Waals surface area contributed by atoms with Gasteiger partial charge in [-0.15, -0.1) is 0 Å². The number of carbonyl (C=O) groups excluding carboxylic acids is 2. The van der Waals surface area contributed by atoms with Gasteiger partial charge in [-0.25, -0.2) is 4.98 Å². The van der Waals surface area contributed by atoms with Crippen LogP contribution in [-0.2, 0) is 9.59 Å². The third kappa shape index (κ3) is 3.74. The fraction of sp³-hybridized carbons (Fsp3) is 0.320. The van der Waals surface area contributed by atoms with Crippen molar-refractivity contribution in [3.05, 3.63) is 71.7 Å². The van der Waals surface area contributed by atoms with Gasteiger partial charge in [0.05, 0.1) is 12.5 Å². The molecule has 1 saturated heterocycles. The number of carbonyl (C=O) groups is 2. The highest BCUT2D eigenvalue weighted by molar-refractivity contribution is 5.82. The average molecular weight is 415 g/mol. The Bertz CT molecular complexity index is 1120. The van der Waals surface area contributed by atoms with Crippen molar-refractivity contribution < 1.29 is 14.0 Å². The lowest BCUT2D eigenvalue weighted by Gasteiger charge is -2.35. The van der Waals surface area contributed by atoms with Crippen LogP contribution in [0.4, 0.5) is 0 Å². The number of benzene rings is 2. The summed E-state index contributed by atoms with van der Waals surface area (Å²) in [4.78, 5) is 33.6. The molecular weight excluding hydrogens is 390 g/mol. The van der Waals surface area contributed by atoms with Crippen molar-refractivity contribution >= 4 is 29.0 Å². The molecule has 6 nitrogen and oxygen atoms in total. The maximum atomic E-state index is 13.2. The number of likely N-dealkylation sites (tertiary alicyclic amines) is 1. The third-order valence-corrected chi connectivity index (χ3v) is 6.34. The quantitative estimate of drug-likeness (QED) is 0.632. The predicted molar refractivity (Wildman–Crippen MR) is 118 cm³/mol. The van der Waals surface area contributed by atoms with E-state index in [1.165, 1.54) is 0 Å². The zero-order chi connectivity index (χ0) is 21.4. The van der Waals surface area contributed by atoms with E-state index in [0.717, 1.165) is 41.0 Å². The number of hydrogen-bond acceptors (Lipinski definition) is 4. The van der Waals surface area contributed by atoms with Crippen molar-refractivity contribution in [2.45, 2.75) is 38.1 Å². The molecule has 2 aliphatic rings. The molecule has 0 aliphatic carbocycles. The summed E-state index contributed by atoms with van der Waals surface area (Å²) >= 11 is 0. The van der Waals surface area contributed by atoms with E-state index in [2.05, 4.69) is 4.98 Å². The minimum absolute atomic E-state index is 0.0572. The van der Waals surface area contributed by atoms with E-state index >= 15 is 0 Å². The summed E-state index contributed by atoms with van der Waals surface area (Å²) in [7, 11) is 0. The van der Waals surface area contributed by atoms with Crippen LogP contribution in [0.3, 0.4) is 0 Å². The van der Waals surface area contributed by atoms with Crippen molar-refractivity contribution in [3.63, 3.8) is 0 Å². The molecule has 0 spiro atoms. The van der Waals surface area contributed by atoms with E-state index in [9.17, 15) is 9.59 Å². The van der Waals surface area contributed by atoms with Gasteiger partial charge in [0.25, 0.3) is 0 Å². The minimum atomic E-state index is -0.263. The predicted octanol–water partition coefficient (Wildman–Crippen LogP) is 4.50. The molecule has 0 bridgehead atoms. The monoisotopic (exact) mass is 415 g/mol. The number of nitrogens with zero attached hydrogens (tertiary/aromatic N) is 3. The lowest BCUT2D eigenvalue weighted by molar-refractivity contribution is -0.135. The third-order valence-electron chi connectivity index (χ3n) is 6.34. The first kappa shape index (κ1) is 19.5. The molecule has 3 heterocycles. The van der Waals surface area contributed by atoms with Gasteiger partial charge >= 0.3 is 0 Å². The smallest absolute Gasteiger partial charge is 0.225 e. The highest BCUT2D eigenvalue weighted by atomic mass is 16.3. The second-order valence-electron chi connectivity index (χ2n) is 8.27. The highest BCUT2D eigenvalue weighted by Gasteiger charge is 2.32. The van der Waals surface area contributed by atoms with Gasteiger partial charge in [-0.05, 0) is 42.2 Å². The van der Waals surface area contributed by atoms with Crippen molar-refractivity contribution in [2.75, 3.05) is 13.1 Å². The molecule has 0 radical (unpaired) electrons. The number of para-hydroxylation sites is 2. The molecule has 1 unspecified atom stereocenters. The number of oxazole rings is 1. The van der Waals surface area contributed by atoms with Crippen LogP contribution in [0.1, 0.15) is 55.2 Å². The van der Waals surface area contributed by atoms with Crippen molar-refractivity contribution in [3.8, 4) is 0 Å². The normalized spacial score (nSPS) is 18.9. The molecule has 5 rings (SSSR count). The number of hydrogen-bond donors (Lipinski definition) is 0. The largest absolute Gasteiger partial charge is 0.440 e. The zero-order valence-electron chi connectivity index (χ0n) is 17.5. The molecule has 3 aromatic rings. The summed E-state index contributed by atoms with van der Waals surface area (Å²) in [6.45, 7) is 2.89. The van der Waals surface area contributed by atoms with E-state index < -0.39 is 0 Å². The lowest BCUT2D eigenvalue weighted by Crippen LogP contribution is -2.41. The topological polar surface area (TPSA) is 66.7 Å². The van der Waals surface area contributed by atoms with Crippen LogP contribution >= 0.6 is 0 Å². The van der Waals surface area contributed by atoms with Crippen molar-refractivity contribution in [2.24, 2.45) is 0 Å². The fourth-order valence-corrected chi connectivity index (χ4v) is 4.65. The first-order chi connectivity index (χ1) is 15.1. The number of amides is 2. The molecule has 0 saturated carbocycles. The van der Waals surface area contributed by atoms with Gasteiger partial charge in [-0.1, -0.05) is 36.4 Å². The summed E-state index contributed by atoms with van der Waals surface area (Å²) in [5.74, 6) is 1.02.